The van der Waals surface area contributed by atoms with Gasteiger partial charge in [-0.05, 0) is 49.4 Å². The molecule has 0 unspecified atom stereocenters. The molecule has 1 N–H and O–H groups in total. The predicted molar refractivity (Wildman–Crippen MR) is 95.4 cm³/mol. The highest BCUT2D eigenvalue weighted by Gasteiger charge is 2.11. The molecule has 0 fully saturated rings. The van der Waals surface area contributed by atoms with Crippen LogP contribution in [0.2, 0.25) is 0 Å². The fourth-order valence-corrected chi connectivity index (χ4v) is 3.61. The summed E-state index contributed by atoms with van der Waals surface area (Å²) in [5.41, 5.74) is 3.91. The number of aryl methyl sites for hydroxylation is 3. The van der Waals surface area contributed by atoms with E-state index >= 15 is 0 Å². The lowest BCUT2D eigenvalue weighted by Crippen LogP contribution is -2.27. The summed E-state index contributed by atoms with van der Waals surface area (Å²) < 4.78 is 2.39. The summed E-state index contributed by atoms with van der Waals surface area (Å²) >= 11 is 1.52. The maximum absolute atomic E-state index is 12.3. The van der Waals surface area contributed by atoms with Crippen molar-refractivity contribution in [3.05, 3.63) is 62.9 Å². The van der Waals surface area contributed by atoms with Gasteiger partial charge in [-0.3, -0.25) is 9.59 Å². The number of pyridine rings is 1. The number of hydrogen-bond acceptors (Lipinski definition) is 3. The summed E-state index contributed by atoms with van der Waals surface area (Å²) in [5, 5.41) is 5.47. The van der Waals surface area contributed by atoms with E-state index in [1.807, 2.05) is 44.4 Å². The second-order valence-corrected chi connectivity index (χ2v) is 6.72. The lowest BCUT2D eigenvalue weighted by molar-refractivity contribution is -0.116. The zero-order valence-electron chi connectivity index (χ0n) is 13.3. The molecular weight excluding hydrogens is 308 g/mol. The van der Waals surface area contributed by atoms with Crippen molar-refractivity contribution in [2.45, 2.75) is 27.3 Å². The summed E-state index contributed by atoms with van der Waals surface area (Å²) in [7, 11) is 0. The first kappa shape index (κ1) is 15.5. The lowest BCUT2D eigenvalue weighted by atomic mass is 10.1. The molecule has 23 heavy (non-hydrogen) atoms. The minimum Gasteiger partial charge on any atom is -0.324 e. The summed E-state index contributed by atoms with van der Waals surface area (Å²) in [4.78, 5) is 24.7. The highest BCUT2D eigenvalue weighted by Crippen LogP contribution is 2.22. The zero-order valence-corrected chi connectivity index (χ0v) is 14.2. The second kappa shape index (κ2) is 6.01. The maximum Gasteiger partial charge on any atom is 0.259 e. The minimum atomic E-state index is -0.197. The van der Waals surface area contributed by atoms with Crippen LogP contribution in [0.3, 0.4) is 0 Å². The molecule has 1 amide bonds. The third kappa shape index (κ3) is 3.05. The van der Waals surface area contributed by atoms with Gasteiger partial charge in [-0.15, -0.1) is 11.3 Å². The number of carbonyl (C=O) groups is 1. The molecule has 2 aromatic heterocycles. The number of nitrogens with one attached hydrogen (secondary N) is 1. The molecule has 3 aromatic rings. The van der Waals surface area contributed by atoms with Crippen molar-refractivity contribution in [3.8, 4) is 0 Å². The van der Waals surface area contributed by atoms with Crippen molar-refractivity contribution >= 4 is 33.0 Å². The second-order valence-electron chi connectivity index (χ2n) is 5.77. The Labute approximate surface area is 138 Å². The molecule has 1 aromatic carbocycles. The number of thiophene rings is 1. The van der Waals surface area contributed by atoms with Crippen LogP contribution in [-0.4, -0.2) is 10.5 Å². The van der Waals surface area contributed by atoms with Gasteiger partial charge in [-0.25, -0.2) is 0 Å². The summed E-state index contributed by atoms with van der Waals surface area (Å²) in [6.07, 6.45) is 1.68. The van der Waals surface area contributed by atoms with E-state index in [2.05, 4.69) is 5.32 Å². The maximum atomic E-state index is 12.3. The number of anilines is 1. The van der Waals surface area contributed by atoms with E-state index in [0.29, 0.717) is 5.39 Å². The molecule has 0 aliphatic rings. The van der Waals surface area contributed by atoms with Crippen LogP contribution in [0.25, 0.3) is 10.1 Å². The van der Waals surface area contributed by atoms with Gasteiger partial charge in [-0.2, -0.15) is 0 Å². The molecule has 0 radical (unpaired) electrons. The van der Waals surface area contributed by atoms with Crippen LogP contribution in [0.5, 0.6) is 0 Å². The molecule has 0 saturated carbocycles. The Kier molecular flexibility index (Phi) is 4.05. The summed E-state index contributed by atoms with van der Waals surface area (Å²) in [5.74, 6) is -0.197. The summed E-state index contributed by atoms with van der Waals surface area (Å²) in [6, 6.07) is 7.74. The van der Waals surface area contributed by atoms with Crippen LogP contribution >= 0.6 is 11.3 Å². The highest BCUT2D eigenvalue weighted by atomic mass is 32.1. The fraction of sp³-hybridized carbons (Fsp3) is 0.222. The van der Waals surface area contributed by atoms with E-state index in [0.717, 1.165) is 27.1 Å². The number of benzene rings is 1. The first-order valence-corrected chi connectivity index (χ1v) is 8.28. The average Bonchev–Trinajstić information content (AvgIpc) is 2.95. The van der Waals surface area contributed by atoms with Crippen LogP contribution in [0.4, 0.5) is 5.69 Å². The number of hydrogen-bond donors (Lipinski definition) is 1. The average molecular weight is 326 g/mol. The number of rotatable bonds is 3. The van der Waals surface area contributed by atoms with E-state index in [-0.39, 0.29) is 18.0 Å². The highest BCUT2D eigenvalue weighted by molar-refractivity contribution is 7.17. The molecule has 4 nitrogen and oxygen atoms in total. The van der Waals surface area contributed by atoms with Gasteiger partial charge in [0.05, 0.1) is 5.39 Å². The van der Waals surface area contributed by atoms with E-state index in [1.165, 1.54) is 15.9 Å². The Morgan fingerprint density at radius 1 is 1.17 bits per heavy atom. The van der Waals surface area contributed by atoms with Gasteiger partial charge >= 0.3 is 0 Å². The monoisotopic (exact) mass is 326 g/mol. The Morgan fingerprint density at radius 2 is 1.87 bits per heavy atom. The number of aromatic nitrogens is 1. The van der Waals surface area contributed by atoms with E-state index in [9.17, 15) is 9.59 Å². The van der Waals surface area contributed by atoms with E-state index in [1.54, 1.807) is 12.3 Å². The van der Waals surface area contributed by atoms with Gasteiger partial charge in [0.15, 0.2) is 0 Å². The van der Waals surface area contributed by atoms with Crippen molar-refractivity contribution in [1.82, 2.24) is 4.57 Å². The lowest BCUT2D eigenvalue weighted by Gasteiger charge is -2.13. The molecule has 2 heterocycles. The third-order valence-corrected chi connectivity index (χ3v) is 4.73. The smallest absolute Gasteiger partial charge is 0.259 e. The van der Waals surface area contributed by atoms with Crippen LogP contribution in [0.1, 0.15) is 16.7 Å². The Balaban J connectivity index is 1.84. The Hall–Kier alpha value is -2.40. The Bertz CT molecular complexity index is 930. The van der Waals surface area contributed by atoms with Crippen LogP contribution in [-0.2, 0) is 11.3 Å². The standard InChI is InChI=1S/C18H18N2O2S/c1-11-8-12(2)17(13(3)9-11)19-16(21)10-20-6-4-15-14(18(20)22)5-7-23-15/h4-9H,10H2,1-3H3,(H,19,21). The molecular formula is C18H18N2O2S. The van der Waals surface area contributed by atoms with Gasteiger partial charge in [0.1, 0.15) is 6.54 Å². The first-order chi connectivity index (χ1) is 11.0. The molecule has 0 spiro atoms. The molecule has 0 aliphatic heterocycles. The van der Waals surface area contributed by atoms with Gasteiger partial charge in [0.25, 0.3) is 5.56 Å². The molecule has 3 rings (SSSR count). The van der Waals surface area contributed by atoms with E-state index < -0.39 is 0 Å². The predicted octanol–water partition coefficient (Wildman–Crippen LogP) is 3.63. The Morgan fingerprint density at radius 3 is 2.57 bits per heavy atom. The SMILES string of the molecule is Cc1cc(C)c(NC(=O)Cn2ccc3sccc3c2=O)c(C)c1. The van der Waals surface area contributed by atoms with Crippen molar-refractivity contribution in [1.29, 1.82) is 0 Å². The molecule has 0 bridgehead atoms. The molecule has 0 aliphatic carbocycles. The van der Waals surface area contributed by atoms with Crippen molar-refractivity contribution in [2.75, 3.05) is 5.32 Å². The van der Waals surface area contributed by atoms with Gasteiger partial charge in [0.2, 0.25) is 5.91 Å². The first-order valence-electron chi connectivity index (χ1n) is 7.40. The number of nitrogens with zero attached hydrogens (tertiary/aromatic N) is 1. The summed E-state index contributed by atoms with van der Waals surface area (Å²) in [6.45, 7) is 5.98. The van der Waals surface area contributed by atoms with Crippen molar-refractivity contribution < 1.29 is 4.79 Å². The largest absolute Gasteiger partial charge is 0.324 e. The molecule has 0 atom stereocenters. The number of fused-ring (bicyclic) bond motifs is 1. The van der Waals surface area contributed by atoms with E-state index in [4.69, 9.17) is 0 Å². The number of carbonyl (C=O) groups excluding carboxylic acids is 1. The van der Waals surface area contributed by atoms with Crippen LogP contribution in [0.15, 0.2) is 40.6 Å². The van der Waals surface area contributed by atoms with Crippen molar-refractivity contribution in [2.24, 2.45) is 0 Å². The fourth-order valence-electron chi connectivity index (χ4n) is 2.84. The molecule has 0 saturated heterocycles. The van der Waals surface area contributed by atoms with Crippen LogP contribution in [0, 0.1) is 20.8 Å². The minimum absolute atomic E-state index is 0.0113. The van der Waals surface area contributed by atoms with Crippen molar-refractivity contribution in [3.63, 3.8) is 0 Å². The number of amides is 1. The van der Waals surface area contributed by atoms with Gasteiger partial charge in [-0.1, -0.05) is 17.7 Å². The topological polar surface area (TPSA) is 51.1 Å². The van der Waals surface area contributed by atoms with Gasteiger partial charge in [0, 0.05) is 16.6 Å². The quantitative estimate of drug-likeness (QED) is 0.799. The molecule has 118 valence electrons. The van der Waals surface area contributed by atoms with Crippen LogP contribution < -0.4 is 10.9 Å². The third-order valence-electron chi connectivity index (χ3n) is 3.85. The molecule has 5 heteroatoms. The van der Waals surface area contributed by atoms with Gasteiger partial charge < -0.3 is 9.88 Å². The normalized spacial score (nSPS) is 10.9. The zero-order chi connectivity index (χ0) is 16.6.